The molecule has 1 saturated heterocycles. The van der Waals surface area contributed by atoms with Crippen LogP contribution in [0.1, 0.15) is 19.8 Å². The second kappa shape index (κ2) is 10.1. The fraction of sp³-hybridized carbons (Fsp3) is 0.286. The topological polar surface area (TPSA) is 75.7 Å². The molecule has 1 fully saturated rings. The molecule has 2 aromatic carbocycles. The Labute approximate surface area is 187 Å². The molecule has 1 aliphatic rings. The van der Waals surface area contributed by atoms with Gasteiger partial charge in [0, 0.05) is 27.9 Å². The van der Waals surface area contributed by atoms with Crippen LogP contribution < -0.4 is 15.0 Å². The first kappa shape index (κ1) is 21.6. The van der Waals surface area contributed by atoms with Crippen molar-refractivity contribution < 1.29 is 19.1 Å². The molecule has 0 aliphatic carbocycles. The summed E-state index contributed by atoms with van der Waals surface area (Å²) in [5.74, 6) is 0.596. The van der Waals surface area contributed by atoms with Crippen LogP contribution in [0.3, 0.4) is 0 Å². The van der Waals surface area contributed by atoms with Crippen LogP contribution in [0.5, 0.6) is 5.75 Å². The van der Waals surface area contributed by atoms with Gasteiger partial charge in [0.2, 0.25) is 17.7 Å². The first-order valence-corrected chi connectivity index (χ1v) is 11.4. The van der Waals surface area contributed by atoms with Gasteiger partial charge in [0.1, 0.15) is 5.75 Å². The van der Waals surface area contributed by atoms with Crippen molar-refractivity contribution in [3.05, 3.63) is 52.1 Å². The molecule has 0 radical (unpaired) electrons. The lowest BCUT2D eigenvalue weighted by Gasteiger charge is -2.15. The summed E-state index contributed by atoms with van der Waals surface area (Å²) in [6.45, 7) is 2.45. The van der Waals surface area contributed by atoms with E-state index in [0.717, 1.165) is 9.26 Å². The van der Waals surface area contributed by atoms with E-state index in [1.165, 1.54) is 16.7 Å². The molecule has 3 rings (SSSR count). The van der Waals surface area contributed by atoms with Gasteiger partial charge in [-0.2, -0.15) is 0 Å². The standard InChI is InChI=1S/C21H21IN2O4S/c1-2-28-17-9-7-16(8-10-17)24-20(26)13-18(21(24)27)29-12-11-19(25)23-15-5-3-14(22)4-6-15/h3-10,18H,2,11-13H2,1H3,(H,23,25)/t18-/m0/s1. The highest BCUT2D eigenvalue weighted by atomic mass is 127. The maximum Gasteiger partial charge on any atom is 0.247 e. The predicted octanol–water partition coefficient (Wildman–Crippen LogP) is 4.08. The van der Waals surface area contributed by atoms with Gasteiger partial charge in [0.25, 0.3) is 0 Å². The van der Waals surface area contributed by atoms with Gasteiger partial charge in [-0.05, 0) is 78.0 Å². The highest BCUT2D eigenvalue weighted by molar-refractivity contribution is 14.1. The summed E-state index contributed by atoms with van der Waals surface area (Å²) in [4.78, 5) is 38.3. The highest BCUT2D eigenvalue weighted by Crippen LogP contribution is 2.31. The van der Waals surface area contributed by atoms with Gasteiger partial charge in [-0.15, -0.1) is 11.8 Å². The molecule has 1 aliphatic heterocycles. The lowest BCUT2D eigenvalue weighted by atomic mass is 10.3. The number of carbonyl (C=O) groups excluding carboxylic acids is 3. The van der Waals surface area contributed by atoms with Crippen molar-refractivity contribution in [2.24, 2.45) is 0 Å². The fourth-order valence-electron chi connectivity index (χ4n) is 2.91. The van der Waals surface area contributed by atoms with Gasteiger partial charge >= 0.3 is 0 Å². The molecule has 0 spiro atoms. The van der Waals surface area contributed by atoms with Crippen LogP contribution in [0.15, 0.2) is 48.5 Å². The molecule has 2 aromatic rings. The van der Waals surface area contributed by atoms with Crippen LogP contribution in [0.4, 0.5) is 11.4 Å². The molecule has 29 heavy (non-hydrogen) atoms. The molecule has 152 valence electrons. The third-order valence-electron chi connectivity index (χ3n) is 4.29. The third-order valence-corrected chi connectivity index (χ3v) is 6.22. The lowest BCUT2D eigenvalue weighted by Crippen LogP contribution is -2.31. The number of nitrogens with one attached hydrogen (secondary N) is 1. The summed E-state index contributed by atoms with van der Waals surface area (Å²) in [6.07, 6.45) is 0.424. The Kier molecular flexibility index (Phi) is 7.54. The van der Waals surface area contributed by atoms with Crippen molar-refractivity contribution in [1.29, 1.82) is 0 Å². The molecule has 0 bridgehead atoms. The molecule has 1 atom stereocenters. The van der Waals surface area contributed by atoms with Crippen LogP contribution in [0.2, 0.25) is 0 Å². The zero-order chi connectivity index (χ0) is 20.8. The molecular weight excluding hydrogens is 503 g/mol. The molecule has 1 heterocycles. The minimum absolute atomic E-state index is 0.112. The molecule has 0 aromatic heterocycles. The lowest BCUT2D eigenvalue weighted by molar-refractivity contribution is -0.121. The molecule has 3 amide bonds. The van der Waals surface area contributed by atoms with E-state index < -0.39 is 5.25 Å². The van der Waals surface area contributed by atoms with E-state index >= 15 is 0 Å². The van der Waals surface area contributed by atoms with Gasteiger partial charge < -0.3 is 10.1 Å². The molecule has 6 nitrogen and oxygen atoms in total. The number of carbonyl (C=O) groups is 3. The number of anilines is 2. The van der Waals surface area contributed by atoms with E-state index in [4.69, 9.17) is 4.74 Å². The number of thioether (sulfide) groups is 1. The first-order valence-electron chi connectivity index (χ1n) is 9.24. The zero-order valence-electron chi connectivity index (χ0n) is 15.9. The Bertz CT molecular complexity index is 887. The van der Waals surface area contributed by atoms with Gasteiger partial charge in [-0.3, -0.25) is 14.4 Å². The summed E-state index contributed by atoms with van der Waals surface area (Å²) in [6, 6.07) is 14.4. The van der Waals surface area contributed by atoms with Crippen molar-refractivity contribution >= 4 is 63.4 Å². The smallest absolute Gasteiger partial charge is 0.247 e. The average molecular weight is 524 g/mol. The monoisotopic (exact) mass is 524 g/mol. The Morgan fingerprint density at radius 3 is 2.52 bits per heavy atom. The van der Waals surface area contributed by atoms with Crippen LogP contribution in [-0.4, -0.2) is 35.3 Å². The van der Waals surface area contributed by atoms with Crippen molar-refractivity contribution in [3.8, 4) is 5.75 Å². The van der Waals surface area contributed by atoms with E-state index in [2.05, 4.69) is 27.9 Å². The van der Waals surface area contributed by atoms with Crippen molar-refractivity contribution in [1.82, 2.24) is 0 Å². The third kappa shape index (κ3) is 5.72. The Morgan fingerprint density at radius 2 is 1.86 bits per heavy atom. The van der Waals surface area contributed by atoms with E-state index in [9.17, 15) is 14.4 Å². The second-order valence-corrected chi connectivity index (χ2v) is 8.92. The fourth-order valence-corrected chi connectivity index (χ4v) is 4.37. The Balaban J connectivity index is 1.50. The van der Waals surface area contributed by atoms with Gasteiger partial charge in [0.15, 0.2) is 0 Å². The van der Waals surface area contributed by atoms with E-state index in [1.807, 2.05) is 31.2 Å². The number of ether oxygens (including phenoxy) is 1. The number of hydrogen-bond acceptors (Lipinski definition) is 5. The maximum absolute atomic E-state index is 12.7. The summed E-state index contributed by atoms with van der Waals surface area (Å²) < 4.78 is 6.49. The maximum atomic E-state index is 12.7. The van der Waals surface area contributed by atoms with Crippen LogP contribution in [0, 0.1) is 3.57 Å². The summed E-state index contributed by atoms with van der Waals surface area (Å²) in [5.41, 5.74) is 1.29. The predicted molar refractivity (Wildman–Crippen MR) is 123 cm³/mol. The second-order valence-electron chi connectivity index (χ2n) is 6.36. The number of rotatable bonds is 8. The van der Waals surface area contributed by atoms with Gasteiger partial charge in [0.05, 0.1) is 17.5 Å². The van der Waals surface area contributed by atoms with E-state index in [-0.39, 0.29) is 30.6 Å². The largest absolute Gasteiger partial charge is 0.494 e. The minimum atomic E-state index is -0.458. The SMILES string of the molecule is CCOc1ccc(N2C(=O)C[C@H](SCCC(=O)Nc3ccc(I)cc3)C2=O)cc1. The molecular formula is C21H21IN2O4S. The zero-order valence-corrected chi connectivity index (χ0v) is 18.9. The summed E-state index contributed by atoms with van der Waals surface area (Å²) in [7, 11) is 0. The molecule has 0 unspecified atom stereocenters. The van der Waals surface area contributed by atoms with Crippen molar-refractivity contribution in [3.63, 3.8) is 0 Å². The number of halogens is 1. The van der Waals surface area contributed by atoms with E-state index in [1.54, 1.807) is 24.3 Å². The first-order chi connectivity index (χ1) is 14.0. The molecule has 0 saturated carbocycles. The number of amides is 3. The van der Waals surface area contributed by atoms with Crippen molar-refractivity contribution in [2.75, 3.05) is 22.6 Å². The number of benzene rings is 2. The number of hydrogen-bond donors (Lipinski definition) is 1. The summed E-state index contributed by atoms with van der Waals surface area (Å²) >= 11 is 3.55. The van der Waals surface area contributed by atoms with Crippen LogP contribution in [-0.2, 0) is 14.4 Å². The summed E-state index contributed by atoms with van der Waals surface area (Å²) in [5, 5.41) is 2.38. The van der Waals surface area contributed by atoms with Crippen LogP contribution in [0.25, 0.3) is 0 Å². The Morgan fingerprint density at radius 1 is 1.17 bits per heavy atom. The molecule has 8 heteroatoms. The highest BCUT2D eigenvalue weighted by Gasteiger charge is 2.39. The quantitative estimate of drug-likeness (QED) is 0.416. The van der Waals surface area contributed by atoms with E-state index in [0.29, 0.717) is 23.8 Å². The number of nitrogens with zero attached hydrogens (tertiary/aromatic N) is 1. The van der Waals surface area contributed by atoms with Crippen molar-refractivity contribution in [2.45, 2.75) is 25.0 Å². The number of imide groups is 1. The van der Waals surface area contributed by atoms with Crippen LogP contribution >= 0.6 is 34.4 Å². The molecule has 1 N–H and O–H groups in total. The minimum Gasteiger partial charge on any atom is -0.494 e. The van der Waals surface area contributed by atoms with Gasteiger partial charge in [-0.1, -0.05) is 0 Å². The average Bonchev–Trinajstić information content (AvgIpc) is 2.98. The van der Waals surface area contributed by atoms with Gasteiger partial charge in [-0.25, -0.2) is 4.90 Å². The Hall–Kier alpha value is -2.07. The normalized spacial score (nSPS) is 16.2.